The van der Waals surface area contributed by atoms with Crippen molar-refractivity contribution in [2.24, 2.45) is 0 Å². The van der Waals surface area contributed by atoms with Crippen LogP contribution >= 0.6 is 22.6 Å². The van der Waals surface area contributed by atoms with Crippen LogP contribution in [-0.2, 0) is 61.6 Å². The lowest BCUT2D eigenvalue weighted by atomic mass is 9.98. The van der Waals surface area contributed by atoms with Crippen molar-refractivity contribution in [1.82, 2.24) is 4.90 Å². The van der Waals surface area contributed by atoms with E-state index in [1.165, 1.54) is 50.8 Å². The highest BCUT2D eigenvalue weighted by atomic mass is 127. The lowest BCUT2D eigenvalue weighted by molar-refractivity contribution is -0.0284. The summed E-state index contributed by atoms with van der Waals surface area (Å²) in [6, 6.07) is 16.6. The number of carbonyl (C=O) groups is 1. The van der Waals surface area contributed by atoms with Gasteiger partial charge in [0.05, 0.1) is 152 Å². The Morgan fingerprint density at radius 3 is 1.10 bits per heavy atom. The van der Waals surface area contributed by atoms with E-state index in [0.717, 1.165) is 13.0 Å². The number of benzene rings is 2. The Morgan fingerprint density at radius 2 is 0.742 bits per heavy atom. The van der Waals surface area contributed by atoms with Gasteiger partial charge in [0.1, 0.15) is 6.61 Å². The van der Waals surface area contributed by atoms with Crippen LogP contribution in [0.2, 0.25) is 0 Å². The van der Waals surface area contributed by atoms with Gasteiger partial charge in [-0.25, -0.2) is 4.79 Å². The third-order valence-electron chi connectivity index (χ3n) is 9.48. The SMILES string of the molecule is CN(CCOCCOCCOCCOCCOCCOCCOCCOCCOCCOCCOCCOCCCCCCI)C(=O)OCC1c2ccccc2-c2ccccc21. The maximum Gasteiger partial charge on any atom is 0.409 e. The monoisotopic (exact) mass is 991 g/mol. The molecule has 0 saturated heterocycles. The minimum Gasteiger partial charge on any atom is -0.448 e. The van der Waals surface area contributed by atoms with Crippen molar-refractivity contribution >= 4 is 28.7 Å². The van der Waals surface area contributed by atoms with Gasteiger partial charge in [-0.15, -0.1) is 0 Å². The molecule has 0 unspecified atom stereocenters. The van der Waals surface area contributed by atoms with Crippen molar-refractivity contribution in [1.29, 1.82) is 0 Å². The summed E-state index contributed by atoms with van der Waals surface area (Å²) < 4.78 is 73.4. The number of unbranched alkanes of at least 4 members (excludes halogenated alkanes) is 3. The molecule has 0 aromatic heterocycles. The fourth-order valence-corrected chi connectivity index (χ4v) is 6.71. The molecule has 0 bridgehead atoms. The van der Waals surface area contributed by atoms with Crippen LogP contribution in [0.25, 0.3) is 11.1 Å². The number of ether oxygens (including phenoxy) is 13. The van der Waals surface area contributed by atoms with E-state index in [9.17, 15) is 4.79 Å². The van der Waals surface area contributed by atoms with Gasteiger partial charge >= 0.3 is 6.09 Å². The van der Waals surface area contributed by atoms with Crippen molar-refractivity contribution < 1.29 is 66.4 Å². The number of likely N-dealkylation sites (N-methyl/N-ethyl adjacent to an activating group) is 1. The number of nitrogens with zero attached hydrogens (tertiary/aromatic N) is 1. The van der Waals surface area contributed by atoms with Crippen LogP contribution in [0.4, 0.5) is 4.79 Å². The van der Waals surface area contributed by atoms with Crippen LogP contribution in [0, 0.1) is 0 Å². The van der Waals surface area contributed by atoms with E-state index >= 15 is 0 Å². The Labute approximate surface area is 384 Å². The normalized spacial score (nSPS) is 12.2. The predicted octanol–water partition coefficient (Wildman–Crippen LogP) is 6.06. The molecule has 1 aliphatic rings. The first-order valence-electron chi connectivity index (χ1n) is 22.3. The molecule has 15 nitrogen and oxygen atoms in total. The molecule has 3 rings (SSSR count). The summed E-state index contributed by atoms with van der Waals surface area (Å²) in [5.41, 5.74) is 4.80. The van der Waals surface area contributed by atoms with Crippen LogP contribution in [0.15, 0.2) is 48.5 Å². The summed E-state index contributed by atoms with van der Waals surface area (Å²) in [4.78, 5) is 14.2. The number of amides is 1. The highest BCUT2D eigenvalue weighted by molar-refractivity contribution is 14.1. The maximum atomic E-state index is 12.6. The van der Waals surface area contributed by atoms with Crippen LogP contribution in [0.3, 0.4) is 0 Å². The van der Waals surface area contributed by atoms with Gasteiger partial charge in [-0.3, -0.25) is 0 Å². The molecule has 2 aromatic rings. The quantitative estimate of drug-likeness (QED) is 0.0432. The van der Waals surface area contributed by atoms with Crippen LogP contribution in [-0.4, -0.2) is 194 Å². The van der Waals surface area contributed by atoms with Crippen LogP contribution in [0.1, 0.15) is 42.7 Å². The lowest BCUT2D eigenvalue weighted by Gasteiger charge is -2.19. The standard InChI is InChI=1S/C46H74INO14/c1-48(46(49)62-40-45-43-12-6-4-10-41(43)42-11-5-7-13-44(42)45)15-17-51-19-21-53-23-25-55-27-29-57-31-33-59-35-37-61-39-38-60-36-34-58-32-30-56-28-26-54-24-22-52-20-18-50-16-9-3-2-8-14-47/h4-7,10-13,45H,2-3,8-9,14-40H2,1H3. The van der Waals surface area contributed by atoms with Gasteiger partial charge in [0, 0.05) is 26.1 Å². The van der Waals surface area contributed by atoms with Gasteiger partial charge in [-0.05, 0) is 39.5 Å². The minimum atomic E-state index is -0.364. The Morgan fingerprint density at radius 1 is 0.435 bits per heavy atom. The summed E-state index contributed by atoms with van der Waals surface area (Å²) in [7, 11) is 1.72. The molecule has 1 aliphatic carbocycles. The van der Waals surface area contributed by atoms with Gasteiger partial charge in [0.2, 0.25) is 0 Å². The summed E-state index contributed by atoms with van der Waals surface area (Å²) in [6.07, 6.45) is 4.59. The molecule has 0 atom stereocenters. The molecule has 0 aliphatic heterocycles. The number of hydrogen-bond donors (Lipinski definition) is 0. The van der Waals surface area contributed by atoms with Crippen molar-refractivity contribution in [2.75, 3.05) is 183 Å². The third-order valence-corrected chi connectivity index (χ3v) is 10.2. The van der Waals surface area contributed by atoms with E-state index in [4.69, 9.17) is 61.6 Å². The first-order chi connectivity index (χ1) is 30.7. The van der Waals surface area contributed by atoms with Crippen molar-refractivity contribution in [3.63, 3.8) is 0 Å². The molecule has 0 saturated carbocycles. The number of hydrogen-bond acceptors (Lipinski definition) is 14. The number of alkyl halides is 1. The first kappa shape index (κ1) is 54.3. The Bertz CT molecular complexity index is 1300. The minimum absolute atomic E-state index is 0.0371. The molecule has 0 fully saturated rings. The number of carbonyl (C=O) groups excluding carboxylic acids is 1. The molecular formula is C46H74INO14. The van der Waals surface area contributed by atoms with Crippen LogP contribution < -0.4 is 0 Å². The number of fused-ring (bicyclic) bond motifs is 3. The van der Waals surface area contributed by atoms with Crippen LogP contribution in [0.5, 0.6) is 0 Å². The van der Waals surface area contributed by atoms with E-state index < -0.39 is 0 Å². The second-order valence-electron chi connectivity index (χ2n) is 14.2. The molecule has 0 N–H and O–H groups in total. The predicted molar refractivity (Wildman–Crippen MR) is 245 cm³/mol. The van der Waals surface area contributed by atoms with Gasteiger partial charge < -0.3 is 66.5 Å². The largest absolute Gasteiger partial charge is 0.448 e. The average Bonchev–Trinajstić information content (AvgIpc) is 3.61. The fourth-order valence-electron chi connectivity index (χ4n) is 6.17. The Hall–Kier alpha value is -2.04. The Kier molecular flexibility index (Phi) is 34.4. The fraction of sp³-hybridized carbons (Fsp3) is 0.717. The molecule has 1 amide bonds. The van der Waals surface area contributed by atoms with Crippen molar-refractivity contribution in [2.45, 2.75) is 31.6 Å². The van der Waals surface area contributed by atoms with E-state index in [1.807, 2.05) is 24.3 Å². The molecular weight excluding hydrogens is 917 g/mol. The topological polar surface area (TPSA) is 140 Å². The second kappa shape index (κ2) is 39.3. The maximum absolute atomic E-state index is 12.6. The smallest absolute Gasteiger partial charge is 0.409 e. The summed E-state index contributed by atoms with van der Waals surface area (Å²) in [5.74, 6) is 0.0371. The molecule has 2 aromatic carbocycles. The van der Waals surface area contributed by atoms with E-state index in [2.05, 4.69) is 46.9 Å². The summed E-state index contributed by atoms with van der Waals surface area (Å²) in [5, 5.41) is 0. The molecule has 0 heterocycles. The third kappa shape index (κ3) is 26.7. The highest BCUT2D eigenvalue weighted by Crippen LogP contribution is 2.44. The van der Waals surface area contributed by atoms with E-state index in [1.54, 1.807) is 7.05 Å². The second-order valence-corrected chi connectivity index (χ2v) is 15.3. The van der Waals surface area contributed by atoms with E-state index in [0.29, 0.717) is 165 Å². The van der Waals surface area contributed by atoms with Gasteiger partial charge in [0.25, 0.3) is 0 Å². The molecule has 16 heteroatoms. The lowest BCUT2D eigenvalue weighted by Crippen LogP contribution is -2.32. The number of rotatable bonds is 44. The van der Waals surface area contributed by atoms with Gasteiger partial charge in [-0.1, -0.05) is 84.0 Å². The van der Waals surface area contributed by atoms with Crippen molar-refractivity contribution in [3.8, 4) is 11.1 Å². The molecule has 0 radical (unpaired) electrons. The summed E-state index contributed by atoms with van der Waals surface area (Å²) >= 11 is 2.42. The molecule has 0 spiro atoms. The molecule has 354 valence electrons. The summed E-state index contributed by atoms with van der Waals surface area (Å²) in [6.45, 7) is 13.1. The van der Waals surface area contributed by atoms with Crippen molar-refractivity contribution in [3.05, 3.63) is 59.7 Å². The average molecular weight is 992 g/mol. The first-order valence-corrected chi connectivity index (χ1v) is 23.8. The van der Waals surface area contributed by atoms with E-state index in [-0.39, 0.29) is 12.0 Å². The molecule has 62 heavy (non-hydrogen) atoms. The zero-order chi connectivity index (χ0) is 43.8. The zero-order valence-electron chi connectivity index (χ0n) is 37.2. The van der Waals surface area contributed by atoms with Gasteiger partial charge in [-0.2, -0.15) is 0 Å². The highest BCUT2D eigenvalue weighted by Gasteiger charge is 2.29. The zero-order valence-corrected chi connectivity index (χ0v) is 39.3. The Balaban J connectivity index is 0.931. The van der Waals surface area contributed by atoms with Gasteiger partial charge in [0.15, 0.2) is 0 Å². The number of halogens is 1.